The number of hydrogen-bond donors (Lipinski definition) is 0. The fraction of sp³-hybridized carbons (Fsp3) is 0.865. The molecule has 4 rings (SSSR count). The van der Waals surface area contributed by atoms with Gasteiger partial charge in [0.1, 0.15) is 19.0 Å². The number of hydrogen-bond acceptors (Lipinski definition) is 9. The van der Waals surface area contributed by atoms with Gasteiger partial charge in [0, 0.05) is 38.1 Å². The van der Waals surface area contributed by atoms with Gasteiger partial charge in [-0.25, -0.2) is 11.2 Å². The number of benzene rings is 1. The van der Waals surface area contributed by atoms with Gasteiger partial charge in [-0.3, -0.25) is 0 Å². The number of unbranched alkanes of at least 4 members (excludes halogenated alkanes) is 6. The molecule has 0 N–H and O–H groups in total. The highest BCUT2D eigenvalue weighted by Gasteiger charge is 2.85. The molecule has 3 aliphatic carbocycles. The molecule has 0 aliphatic heterocycles. The highest BCUT2D eigenvalue weighted by Crippen LogP contribution is 2.62. The SMILES string of the molecule is [3H]CC(CCCCCCSSCCCCCCN(C)CCOc1ccc2c(c1)CC[C@@H]1[C@@H]2CC[C@]2(C)[C@@H](OCCCOC(C(F)(F)F)(C(F)(F)F)C(F)(F)F)CC[C@@H]12)COP(OCC[N+]#[C-])N(C(C)C)C(C)C. The summed E-state index contributed by atoms with van der Waals surface area (Å²) in [6.45, 7) is 20.0. The lowest BCUT2D eigenvalue weighted by atomic mass is 9.55. The summed E-state index contributed by atoms with van der Waals surface area (Å²) in [7, 11) is 4.84. The average molecular weight is 1100 g/mol. The molecule has 20 heteroatoms. The van der Waals surface area contributed by atoms with E-state index < -0.39 is 45.7 Å². The molecule has 0 bridgehead atoms. The lowest BCUT2D eigenvalue weighted by Gasteiger charge is -2.50. The number of likely N-dealkylation sites (N-methyl/N-ethyl adjacent to an activating group) is 1. The van der Waals surface area contributed by atoms with Crippen molar-refractivity contribution in [2.45, 2.75) is 192 Å². The van der Waals surface area contributed by atoms with Crippen molar-refractivity contribution in [1.29, 1.82) is 0 Å². The topological polar surface area (TPSA) is 57.0 Å². The van der Waals surface area contributed by atoms with E-state index in [1.807, 2.05) is 21.6 Å². The predicted octanol–water partition coefficient (Wildman–Crippen LogP) is 15.9. The molecule has 1 aromatic rings. The molecule has 2 unspecified atom stereocenters. The Hall–Kier alpha value is -1.23. The van der Waals surface area contributed by atoms with Crippen molar-refractivity contribution >= 4 is 30.1 Å². The van der Waals surface area contributed by atoms with Crippen LogP contribution in [0.25, 0.3) is 4.85 Å². The summed E-state index contributed by atoms with van der Waals surface area (Å²) in [4.78, 5) is 5.73. The first-order valence-corrected chi connectivity index (χ1v) is 29.7. The van der Waals surface area contributed by atoms with E-state index in [4.69, 9.17) is 26.5 Å². The monoisotopic (exact) mass is 1100 g/mol. The molecule has 0 spiro atoms. The number of nitrogens with zero attached hydrogens (tertiary/aromatic N) is 3. The molecule has 1 aromatic carbocycles. The Morgan fingerprint density at radius 3 is 2.07 bits per heavy atom. The summed E-state index contributed by atoms with van der Waals surface area (Å²) in [5.74, 6) is 4.45. The predicted molar refractivity (Wildman–Crippen MR) is 273 cm³/mol. The van der Waals surface area contributed by atoms with E-state index >= 15 is 0 Å². The second kappa shape index (κ2) is 30.1. The minimum absolute atomic E-state index is 0.193. The molecule has 0 saturated heterocycles. The molecule has 416 valence electrons. The minimum Gasteiger partial charge on any atom is -0.492 e. The first-order valence-electron chi connectivity index (χ1n) is 26.8. The molecule has 0 aromatic heterocycles. The molecule has 0 heterocycles. The van der Waals surface area contributed by atoms with Gasteiger partial charge < -0.3 is 33.0 Å². The molecule has 2 fully saturated rings. The van der Waals surface area contributed by atoms with Crippen LogP contribution in [-0.4, -0.2) is 123 Å². The molecule has 2 saturated carbocycles. The second-order valence-corrected chi connectivity index (χ2v) is 24.9. The van der Waals surface area contributed by atoms with Crippen molar-refractivity contribution < 1.29 is 64.1 Å². The zero-order valence-corrected chi connectivity index (χ0v) is 45.9. The summed E-state index contributed by atoms with van der Waals surface area (Å²) >= 11 is 0. The van der Waals surface area contributed by atoms with Crippen LogP contribution in [0.15, 0.2) is 18.2 Å². The largest absolute Gasteiger partial charge is 0.492 e. The summed E-state index contributed by atoms with van der Waals surface area (Å²) in [5, 5.41) is 0. The van der Waals surface area contributed by atoms with E-state index in [2.05, 4.69) is 79.0 Å². The summed E-state index contributed by atoms with van der Waals surface area (Å²) in [6.07, 6.45) is -5.45. The Labute approximate surface area is 435 Å². The average Bonchev–Trinajstić information content (AvgIpc) is 3.65. The quantitative estimate of drug-likeness (QED) is 0.0221. The highest BCUT2D eigenvalue weighted by molar-refractivity contribution is 8.76. The van der Waals surface area contributed by atoms with E-state index in [1.165, 1.54) is 61.2 Å². The van der Waals surface area contributed by atoms with Gasteiger partial charge in [-0.15, -0.1) is 0 Å². The lowest BCUT2D eigenvalue weighted by Crippen LogP contribution is -2.67. The molecule has 0 amide bonds. The van der Waals surface area contributed by atoms with Crippen molar-refractivity contribution in [2.24, 2.45) is 23.2 Å². The van der Waals surface area contributed by atoms with Gasteiger partial charge in [0.05, 0.1) is 19.3 Å². The maximum Gasteiger partial charge on any atom is 0.435 e. The van der Waals surface area contributed by atoms with Crippen LogP contribution in [0, 0.1) is 29.7 Å². The first kappa shape index (κ1) is 61.6. The van der Waals surface area contributed by atoms with Crippen molar-refractivity contribution in [3.63, 3.8) is 0 Å². The number of alkyl halides is 9. The summed E-state index contributed by atoms with van der Waals surface area (Å²) < 4.78 is 158. The number of aryl methyl sites for hydroxylation is 1. The van der Waals surface area contributed by atoms with Crippen molar-refractivity contribution in [3.05, 3.63) is 40.7 Å². The summed E-state index contributed by atoms with van der Waals surface area (Å²) in [5.41, 5.74) is -3.90. The molecule has 8 nitrogen and oxygen atoms in total. The molecule has 0 radical (unpaired) electrons. The van der Waals surface area contributed by atoms with E-state index in [9.17, 15) is 39.5 Å². The number of fused-ring (bicyclic) bond motifs is 5. The van der Waals surface area contributed by atoms with Crippen LogP contribution in [0.1, 0.15) is 156 Å². The van der Waals surface area contributed by atoms with Gasteiger partial charge in [-0.1, -0.05) is 73.6 Å². The number of halogens is 9. The Kier molecular flexibility index (Phi) is 25.7. The molecule has 72 heavy (non-hydrogen) atoms. The Morgan fingerprint density at radius 1 is 0.792 bits per heavy atom. The van der Waals surface area contributed by atoms with Crippen LogP contribution in [-0.2, 0) is 24.9 Å². The Balaban J connectivity index is 1.03. The second-order valence-electron chi connectivity index (χ2n) is 20.7. The standard InChI is InChI=1S/C52H83F9N3O5PS2/c1-38(2)64(39(3)4)70(68-32-27-62-7)69-37-40(5)18-13-9-11-15-34-71-72-35-16-12-10-14-28-63(8)29-33-65-42-20-22-43-41(36-42)19-21-45-44(43)25-26-48(6)46(45)23-24-47(48)66-30-17-31-67-49(50(53,54)55,51(56,57)58)52(59,60)61/h20,22,36,38-40,44-47H,9-19,21,23-35,37H2,1-6,8H3/t40?,44-,45-,46+,47+,48+,70?/m1/s1/i5T. The fourth-order valence-electron chi connectivity index (χ4n) is 11.1. The van der Waals surface area contributed by atoms with E-state index in [1.54, 1.807) is 0 Å². The third-order valence-electron chi connectivity index (χ3n) is 14.7. The zero-order chi connectivity index (χ0) is 53.9. The van der Waals surface area contributed by atoms with Gasteiger partial charge in [-0.2, -0.15) is 39.5 Å². The molecular formula is C52H83F9N3O5PS2. The van der Waals surface area contributed by atoms with Crippen molar-refractivity contribution in [2.75, 3.05) is 71.2 Å². The van der Waals surface area contributed by atoms with Crippen molar-refractivity contribution in [3.8, 4) is 5.75 Å². The maximum absolute atomic E-state index is 13.2. The van der Waals surface area contributed by atoms with Gasteiger partial charge in [-0.05, 0) is 164 Å². The Bertz CT molecular complexity index is 1740. The zero-order valence-electron chi connectivity index (χ0n) is 44.4. The van der Waals surface area contributed by atoms with Crippen LogP contribution >= 0.6 is 30.1 Å². The number of rotatable bonds is 34. The van der Waals surface area contributed by atoms with Crippen LogP contribution < -0.4 is 4.74 Å². The third kappa shape index (κ3) is 17.9. The van der Waals surface area contributed by atoms with E-state index in [-0.39, 0.29) is 36.1 Å². The van der Waals surface area contributed by atoms with Gasteiger partial charge in [0.25, 0.3) is 8.53 Å². The lowest BCUT2D eigenvalue weighted by molar-refractivity contribution is -0.457. The molecular weight excluding hydrogens is 1010 g/mol. The maximum atomic E-state index is 13.2. The normalized spacial score (nSPS) is 22.8. The summed E-state index contributed by atoms with van der Waals surface area (Å²) in [6, 6.07) is 6.94. The van der Waals surface area contributed by atoms with Crippen LogP contribution in [0.3, 0.4) is 0 Å². The van der Waals surface area contributed by atoms with Crippen LogP contribution in [0.2, 0.25) is 0 Å². The molecule has 7 atom stereocenters. The van der Waals surface area contributed by atoms with Gasteiger partial charge in [0.2, 0.25) is 6.54 Å². The first-order chi connectivity index (χ1) is 34.5. The third-order valence-corrected chi connectivity index (χ3v) is 19.4. The van der Waals surface area contributed by atoms with Gasteiger partial charge >= 0.3 is 24.1 Å². The van der Waals surface area contributed by atoms with E-state index in [0.717, 1.165) is 70.2 Å². The van der Waals surface area contributed by atoms with Gasteiger partial charge in [0.15, 0.2) is 0 Å². The molecule has 3 aliphatic rings. The fourth-order valence-corrected chi connectivity index (χ4v) is 15.0. The number of ether oxygens (including phenoxy) is 3. The van der Waals surface area contributed by atoms with Crippen LogP contribution in [0.5, 0.6) is 5.75 Å². The van der Waals surface area contributed by atoms with Crippen molar-refractivity contribution in [1.82, 2.24) is 9.57 Å². The Morgan fingerprint density at radius 2 is 1.44 bits per heavy atom. The van der Waals surface area contributed by atoms with E-state index in [0.29, 0.717) is 57.4 Å². The van der Waals surface area contributed by atoms with Crippen LogP contribution in [0.4, 0.5) is 39.5 Å². The minimum atomic E-state index is -6.74. The smallest absolute Gasteiger partial charge is 0.435 e. The highest BCUT2D eigenvalue weighted by atomic mass is 33.1.